The van der Waals surface area contributed by atoms with Crippen molar-refractivity contribution in [1.29, 1.82) is 0 Å². The van der Waals surface area contributed by atoms with Gasteiger partial charge in [-0.3, -0.25) is 9.59 Å². The molecule has 1 spiro atoms. The van der Waals surface area contributed by atoms with Gasteiger partial charge in [0.05, 0.1) is 5.41 Å². The molecule has 1 aromatic rings. The minimum absolute atomic E-state index is 0.0499. The summed E-state index contributed by atoms with van der Waals surface area (Å²) in [6.07, 6.45) is 2.62. The minimum Gasteiger partial charge on any atom is -0.314 e. The van der Waals surface area contributed by atoms with E-state index in [1.54, 1.807) is 18.0 Å². The lowest BCUT2D eigenvalue weighted by Gasteiger charge is -2.30. The first-order valence-corrected chi connectivity index (χ1v) is 6.53. The molecule has 19 heavy (non-hydrogen) atoms. The normalized spacial score (nSPS) is 25.8. The second kappa shape index (κ2) is 3.80. The maximum absolute atomic E-state index is 12.7. The third-order valence-corrected chi connectivity index (χ3v) is 4.21. The van der Waals surface area contributed by atoms with Crippen molar-refractivity contribution in [3.8, 4) is 0 Å². The van der Waals surface area contributed by atoms with Crippen LogP contribution in [0.5, 0.6) is 0 Å². The summed E-state index contributed by atoms with van der Waals surface area (Å²) in [6.45, 7) is 3.95. The molecule has 1 atom stereocenters. The molecular formula is C16H17NO2. The monoisotopic (exact) mass is 255 g/mol. The molecule has 0 fully saturated rings. The molecule has 1 aliphatic heterocycles. The number of likely N-dealkylation sites (N-methyl/N-ethyl adjacent to an activating group) is 1. The summed E-state index contributed by atoms with van der Waals surface area (Å²) in [7, 11) is 1.80. The van der Waals surface area contributed by atoms with Crippen LogP contribution < -0.4 is 4.90 Å². The number of fused-ring (bicyclic) bond motifs is 2. The summed E-state index contributed by atoms with van der Waals surface area (Å²) in [5.74, 6) is 0.105. The number of carbonyl (C=O) groups is 2. The molecule has 0 N–H and O–H groups in total. The van der Waals surface area contributed by atoms with Crippen LogP contribution in [0.3, 0.4) is 0 Å². The second-order valence-corrected chi connectivity index (χ2v) is 5.78. The van der Waals surface area contributed by atoms with E-state index in [4.69, 9.17) is 0 Å². The lowest BCUT2D eigenvalue weighted by Crippen LogP contribution is -2.42. The first-order valence-electron chi connectivity index (χ1n) is 6.53. The van der Waals surface area contributed by atoms with Crippen LogP contribution in [0.25, 0.3) is 0 Å². The van der Waals surface area contributed by atoms with Crippen LogP contribution in [0.2, 0.25) is 0 Å². The van der Waals surface area contributed by atoms with E-state index in [0.29, 0.717) is 12.8 Å². The molecule has 98 valence electrons. The van der Waals surface area contributed by atoms with Gasteiger partial charge in [-0.25, -0.2) is 0 Å². The van der Waals surface area contributed by atoms with E-state index in [9.17, 15) is 9.59 Å². The number of ketones is 1. The maximum atomic E-state index is 12.7. The van der Waals surface area contributed by atoms with Crippen molar-refractivity contribution >= 4 is 17.4 Å². The third-order valence-electron chi connectivity index (χ3n) is 4.21. The van der Waals surface area contributed by atoms with Crippen molar-refractivity contribution in [3.05, 3.63) is 41.0 Å². The molecule has 1 amide bonds. The molecule has 0 radical (unpaired) electrons. The van der Waals surface area contributed by atoms with Crippen LogP contribution in [-0.2, 0) is 15.0 Å². The summed E-state index contributed by atoms with van der Waals surface area (Å²) in [5.41, 5.74) is 3.42. The van der Waals surface area contributed by atoms with Gasteiger partial charge >= 0.3 is 0 Å². The average molecular weight is 255 g/mol. The van der Waals surface area contributed by atoms with E-state index >= 15 is 0 Å². The fourth-order valence-corrected chi connectivity index (χ4v) is 3.43. The van der Waals surface area contributed by atoms with Crippen molar-refractivity contribution < 1.29 is 9.59 Å². The van der Waals surface area contributed by atoms with E-state index < -0.39 is 5.41 Å². The van der Waals surface area contributed by atoms with E-state index in [-0.39, 0.29) is 11.7 Å². The molecular weight excluding hydrogens is 238 g/mol. The van der Waals surface area contributed by atoms with Crippen molar-refractivity contribution in [2.75, 3.05) is 11.9 Å². The van der Waals surface area contributed by atoms with Gasteiger partial charge in [0.1, 0.15) is 0 Å². The second-order valence-electron chi connectivity index (χ2n) is 5.78. The van der Waals surface area contributed by atoms with Crippen LogP contribution in [0, 0.1) is 6.92 Å². The number of aryl methyl sites for hydroxylation is 1. The highest BCUT2D eigenvalue weighted by atomic mass is 16.2. The highest BCUT2D eigenvalue weighted by Crippen LogP contribution is 2.49. The maximum Gasteiger partial charge on any atom is 0.238 e. The van der Waals surface area contributed by atoms with Gasteiger partial charge in [-0.2, -0.15) is 0 Å². The molecule has 2 aliphatic rings. The zero-order valence-electron chi connectivity index (χ0n) is 11.5. The van der Waals surface area contributed by atoms with Gasteiger partial charge in [-0.1, -0.05) is 23.3 Å². The van der Waals surface area contributed by atoms with Crippen LogP contribution in [0.1, 0.15) is 30.9 Å². The number of rotatable bonds is 0. The van der Waals surface area contributed by atoms with Gasteiger partial charge in [0.2, 0.25) is 5.91 Å². The Morgan fingerprint density at radius 3 is 2.58 bits per heavy atom. The summed E-state index contributed by atoms with van der Waals surface area (Å²) >= 11 is 0. The molecule has 0 bridgehead atoms. The predicted molar refractivity (Wildman–Crippen MR) is 74.3 cm³/mol. The number of allylic oxidation sites excluding steroid dienone is 2. The van der Waals surface area contributed by atoms with Crippen LogP contribution in [0.4, 0.5) is 5.69 Å². The van der Waals surface area contributed by atoms with Crippen LogP contribution >= 0.6 is 0 Å². The molecule has 1 aliphatic carbocycles. The number of nitrogens with zero attached hydrogens (tertiary/aromatic N) is 1. The van der Waals surface area contributed by atoms with Crippen molar-refractivity contribution in [1.82, 2.24) is 0 Å². The molecule has 0 aromatic heterocycles. The molecule has 3 rings (SSSR count). The summed E-state index contributed by atoms with van der Waals surface area (Å²) in [6, 6.07) is 6.05. The Hall–Kier alpha value is -1.90. The van der Waals surface area contributed by atoms with Crippen LogP contribution in [0.15, 0.2) is 29.8 Å². The lowest BCUT2D eigenvalue weighted by atomic mass is 9.70. The largest absolute Gasteiger partial charge is 0.314 e. The van der Waals surface area contributed by atoms with Gasteiger partial charge in [-0.15, -0.1) is 0 Å². The molecule has 3 heteroatoms. The van der Waals surface area contributed by atoms with E-state index in [1.807, 2.05) is 26.0 Å². The molecule has 3 nitrogen and oxygen atoms in total. The van der Waals surface area contributed by atoms with Crippen molar-refractivity contribution in [2.45, 2.75) is 32.1 Å². The zero-order chi connectivity index (χ0) is 13.8. The fourth-order valence-electron chi connectivity index (χ4n) is 3.43. The minimum atomic E-state index is -0.661. The summed E-state index contributed by atoms with van der Waals surface area (Å²) < 4.78 is 0. The highest BCUT2D eigenvalue weighted by Gasteiger charge is 2.51. The fraction of sp³-hybridized carbons (Fsp3) is 0.375. The quantitative estimate of drug-likeness (QED) is 0.714. The highest BCUT2D eigenvalue weighted by molar-refractivity contribution is 6.12. The number of benzene rings is 1. The smallest absolute Gasteiger partial charge is 0.238 e. The number of carbonyl (C=O) groups excluding carboxylic acids is 2. The molecule has 1 aromatic carbocycles. The number of hydrogen-bond donors (Lipinski definition) is 0. The summed E-state index contributed by atoms with van der Waals surface area (Å²) in [5, 5.41) is 0. The first-order chi connectivity index (χ1) is 8.94. The Morgan fingerprint density at radius 2 is 1.89 bits per heavy atom. The Bertz CT molecular complexity index is 630. The molecule has 0 unspecified atom stereocenters. The number of amides is 1. The lowest BCUT2D eigenvalue weighted by molar-refractivity contribution is -0.127. The van der Waals surface area contributed by atoms with Gasteiger partial charge in [0, 0.05) is 19.2 Å². The van der Waals surface area contributed by atoms with Gasteiger partial charge in [-0.05, 0) is 38.0 Å². The molecule has 1 heterocycles. The summed E-state index contributed by atoms with van der Waals surface area (Å²) in [4.78, 5) is 26.3. The van der Waals surface area contributed by atoms with E-state index in [1.165, 1.54) is 0 Å². The van der Waals surface area contributed by atoms with Gasteiger partial charge in [0.15, 0.2) is 5.78 Å². The Balaban J connectivity index is 2.23. The molecule has 0 saturated carbocycles. The van der Waals surface area contributed by atoms with E-state index in [0.717, 1.165) is 22.4 Å². The third kappa shape index (κ3) is 1.57. The van der Waals surface area contributed by atoms with Crippen molar-refractivity contribution in [3.63, 3.8) is 0 Å². The topological polar surface area (TPSA) is 37.4 Å². The zero-order valence-corrected chi connectivity index (χ0v) is 11.5. The standard InChI is InChI=1S/C16H17NO2/c1-10-4-5-14-13(7-10)16(15(19)17(14)3)8-11(2)6-12(18)9-16/h4-7H,8-9H2,1-3H3/t16-/m0/s1. The number of hydrogen-bond acceptors (Lipinski definition) is 2. The van der Waals surface area contributed by atoms with Crippen LogP contribution in [-0.4, -0.2) is 18.7 Å². The average Bonchev–Trinajstić information content (AvgIpc) is 2.51. The van der Waals surface area contributed by atoms with Gasteiger partial charge in [0.25, 0.3) is 0 Å². The number of anilines is 1. The van der Waals surface area contributed by atoms with Gasteiger partial charge < -0.3 is 4.90 Å². The first kappa shape index (κ1) is 12.2. The SMILES string of the molecule is CC1=CC(=O)C[C@]2(C1)C(=O)N(C)c1ccc(C)cc12. The molecule has 0 saturated heterocycles. The van der Waals surface area contributed by atoms with E-state index in [2.05, 4.69) is 6.07 Å². The Labute approximate surface area is 112 Å². The van der Waals surface area contributed by atoms with Crippen molar-refractivity contribution in [2.24, 2.45) is 0 Å². The predicted octanol–water partition coefficient (Wildman–Crippen LogP) is 2.52. The Morgan fingerprint density at radius 1 is 1.16 bits per heavy atom. The Kier molecular flexibility index (Phi) is 2.43.